The third kappa shape index (κ3) is 3.07. The number of benzene rings is 5. The van der Waals surface area contributed by atoms with Gasteiger partial charge in [-0.2, -0.15) is 0 Å². The van der Waals surface area contributed by atoms with Crippen LogP contribution in [0, 0.1) is 0 Å². The second kappa shape index (κ2) is 7.37. The van der Waals surface area contributed by atoms with Crippen molar-refractivity contribution in [3.05, 3.63) is 109 Å². The van der Waals surface area contributed by atoms with Gasteiger partial charge in [-0.1, -0.05) is 78.9 Å². The summed E-state index contributed by atoms with van der Waals surface area (Å²) in [7, 11) is 0. The summed E-state index contributed by atoms with van der Waals surface area (Å²) in [5.41, 5.74) is 10.4. The van der Waals surface area contributed by atoms with Crippen LogP contribution in [-0.4, -0.2) is 5.91 Å². The number of nitrogen functional groups attached to an aromatic ring is 1. The molecule has 3 nitrogen and oxygen atoms in total. The van der Waals surface area contributed by atoms with E-state index in [1.54, 1.807) is 0 Å². The maximum absolute atomic E-state index is 12.9. The maximum atomic E-state index is 12.9. The molecule has 30 heavy (non-hydrogen) atoms. The molecule has 3 N–H and O–H groups in total. The molecule has 5 rings (SSSR count). The number of hydrogen-bond acceptors (Lipinski definition) is 2. The van der Waals surface area contributed by atoms with Gasteiger partial charge in [0.05, 0.1) is 0 Å². The Kier molecular flexibility index (Phi) is 4.41. The quantitative estimate of drug-likeness (QED) is 0.347. The molecule has 0 spiro atoms. The summed E-state index contributed by atoms with van der Waals surface area (Å²) in [5, 5.41) is 7.42. The standard InChI is InChI=1S/C27H20N2O/c28-23-16-14-18-8-4-6-12-21(18)25(23)26-22-13-7-5-9-19(22)15-17-24(26)29-27(30)20-10-2-1-3-11-20/h1-17H,28H2,(H,29,30). The lowest BCUT2D eigenvalue weighted by molar-refractivity contribution is 0.102. The van der Waals surface area contributed by atoms with Crippen molar-refractivity contribution in [1.82, 2.24) is 0 Å². The van der Waals surface area contributed by atoms with Gasteiger partial charge in [-0.3, -0.25) is 4.79 Å². The number of fused-ring (bicyclic) bond motifs is 2. The van der Waals surface area contributed by atoms with E-state index >= 15 is 0 Å². The Balaban J connectivity index is 1.78. The number of rotatable bonds is 3. The molecule has 0 atom stereocenters. The van der Waals surface area contributed by atoms with Gasteiger partial charge in [0.15, 0.2) is 0 Å². The third-order valence-electron chi connectivity index (χ3n) is 5.42. The molecule has 0 aromatic heterocycles. The number of carbonyl (C=O) groups excluding carboxylic acids is 1. The first-order chi connectivity index (χ1) is 14.7. The van der Waals surface area contributed by atoms with Crippen LogP contribution in [0.1, 0.15) is 10.4 Å². The first-order valence-corrected chi connectivity index (χ1v) is 9.88. The lowest BCUT2D eigenvalue weighted by Crippen LogP contribution is -2.12. The molecule has 0 saturated heterocycles. The molecule has 0 bridgehead atoms. The lowest BCUT2D eigenvalue weighted by Gasteiger charge is -2.18. The summed E-state index contributed by atoms with van der Waals surface area (Å²) >= 11 is 0. The highest BCUT2D eigenvalue weighted by Crippen LogP contribution is 2.42. The predicted octanol–water partition coefficient (Wildman–Crippen LogP) is 6.49. The van der Waals surface area contributed by atoms with Gasteiger partial charge in [-0.15, -0.1) is 0 Å². The molecule has 0 fully saturated rings. The van der Waals surface area contributed by atoms with Gasteiger partial charge in [0, 0.05) is 28.1 Å². The second-order valence-corrected chi connectivity index (χ2v) is 7.28. The summed E-state index contributed by atoms with van der Waals surface area (Å²) in [6.45, 7) is 0. The number of nitrogens with two attached hydrogens (primary N) is 1. The van der Waals surface area contributed by atoms with Crippen LogP contribution in [0.25, 0.3) is 32.7 Å². The first kappa shape index (κ1) is 18.0. The van der Waals surface area contributed by atoms with Crippen LogP contribution >= 0.6 is 0 Å². The van der Waals surface area contributed by atoms with Gasteiger partial charge in [-0.25, -0.2) is 0 Å². The Morgan fingerprint density at radius 2 is 1.17 bits per heavy atom. The highest BCUT2D eigenvalue weighted by Gasteiger charge is 2.17. The highest BCUT2D eigenvalue weighted by atomic mass is 16.1. The number of carbonyl (C=O) groups is 1. The number of anilines is 2. The number of amides is 1. The lowest BCUT2D eigenvalue weighted by atomic mass is 9.91. The molecule has 144 valence electrons. The zero-order valence-electron chi connectivity index (χ0n) is 16.3. The van der Waals surface area contributed by atoms with Gasteiger partial charge in [0.2, 0.25) is 0 Å². The van der Waals surface area contributed by atoms with E-state index in [1.165, 1.54) is 0 Å². The molecule has 0 aliphatic heterocycles. The summed E-state index contributed by atoms with van der Waals surface area (Å²) in [6.07, 6.45) is 0. The Morgan fingerprint density at radius 3 is 1.87 bits per heavy atom. The molecule has 1 amide bonds. The Hall–Kier alpha value is -4.11. The fourth-order valence-electron chi connectivity index (χ4n) is 4.00. The number of hydrogen-bond donors (Lipinski definition) is 2. The molecule has 5 aromatic rings. The van der Waals surface area contributed by atoms with Crippen molar-refractivity contribution in [3.63, 3.8) is 0 Å². The summed E-state index contributed by atoms with van der Waals surface area (Å²) in [5.74, 6) is -0.147. The molecule has 0 saturated carbocycles. The molecule has 3 heteroatoms. The van der Waals surface area contributed by atoms with E-state index in [9.17, 15) is 4.79 Å². The fourth-order valence-corrected chi connectivity index (χ4v) is 4.00. The molecule has 0 aliphatic rings. The molecule has 0 heterocycles. The van der Waals surface area contributed by atoms with E-state index in [4.69, 9.17) is 5.73 Å². The van der Waals surface area contributed by atoms with Crippen molar-refractivity contribution in [1.29, 1.82) is 0 Å². The van der Waals surface area contributed by atoms with Gasteiger partial charge in [0.25, 0.3) is 5.91 Å². The van der Waals surface area contributed by atoms with Gasteiger partial charge >= 0.3 is 0 Å². The van der Waals surface area contributed by atoms with E-state index in [0.29, 0.717) is 11.3 Å². The predicted molar refractivity (Wildman–Crippen MR) is 126 cm³/mol. The van der Waals surface area contributed by atoms with Gasteiger partial charge in [0.1, 0.15) is 0 Å². The van der Waals surface area contributed by atoms with Crippen LogP contribution in [0.5, 0.6) is 0 Å². The largest absolute Gasteiger partial charge is 0.398 e. The minimum Gasteiger partial charge on any atom is -0.398 e. The minimum absolute atomic E-state index is 0.147. The van der Waals surface area contributed by atoms with Crippen molar-refractivity contribution in [2.45, 2.75) is 0 Å². The van der Waals surface area contributed by atoms with Crippen LogP contribution in [0.15, 0.2) is 103 Å². The number of nitrogens with one attached hydrogen (secondary N) is 1. The average Bonchev–Trinajstić information content (AvgIpc) is 2.80. The van der Waals surface area contributed by atoms with Crippen molar-refractivity contribution in [2.75, 3.05) is 11.1 Å². The highest BCUT2D eigenvalue weighted by molar-refractivity contribution is 6.16. The summed E-state index contributed by atoms with van der Waals surface area (Å²) in [4.78, 5) is 12.9. The van der Waals surface area contributed by atoms with E-state index in [0.717, 1.165) is 38.4 Å². The molecule has 5 aromatic carbocycles. The third-order valence-corrected chi connectivity index (χ3v) is 5.42. The van der Waals surface area contributed by atoms with Crippen molar-refractivity contribution >= 4 is 38.8 Å². The van der Waals surface area contributed by atoms with E-state index in [-0.39, 0.29) is 5.91 Å². The average molecular weight is 388 g/mol. The van der Waals surface area contributed by atoms with E-state index in [1.807, 2.05) is 78.9 Å². The molecule has 0 aliphatic carbocycles. The zero-order valence-corrected chi connectivity index (χ0v) is 16.3. The first-order valence-electron chi connectivity index (χ1n) is 9.88. The van der Waals surface area contributed by atoms with Crippen LogP contribution in [-0.2, 0) is 0 Å². The summed E-state index contributed by atoms with van der Waals surface area (Å²) in [6, 6.07) is 33.5. The minimum atomic E-state index is -0.147. The topological polar surface area (TPSA) is 55.1 Å². The van der Waals surface area contributed by atoms with Gasteiger partial charge < -0.3 is 11.1 Å². The Labute approximate surface area is 174 Å². The normalized spacial score (nSPS) is 10.9. The Bertz CT molecular complexity index is 1390. The van der Waals surface area contributed by atoms with Crippen LogP contribution in [0.3, 0.4) is 0 Å². The molecular weight excluding hydrogens is 368 g/mol. The maximum Gasteiger partial charge on any atom is 0.255 e. The summed E-state index contributed by atoms with van der Waals surface area (Å²) < 4.78 is 0. The van der Waals surface area contributed by atoms with Crippen molar-refractivity contribution < 1.29 is 4.79 Å². The molecule has 0 unspecified atom stereocenters. The molecular formula is C27H20N2O. The Morgan fingerprint density at radius 1 is 0.600 bits per heavy atom. The zero-order chi connectivity index (χ0) is 20.5. The van der Waals surface area contributed by atoms with Crippen LogP contribution < -0.4 is 11.1 Å². The van der Waals surface area contributed by atoms with Crippen LogP contribution in [0.2, 0.25) is 0 Å². The fraction of sp³-hybridized carbons (Fsp3) is 0. The monoisotopic (exact) mass is 388 g/mol. The van der Waals surface area contributed by atoms with Crippen molar-refractivity contribution in [3.8, 4) is 11.1 Å². The van der Waals surface area contributed by atoms with Crippen molar-refractivity contribution in [2.24, 2.45) is 0 Å². The molecule has 0 radical (unpaired) electrons. The van der Waals surface area contributed by atoms with E-state index < -0.39 is 0 Å². The van der Waals surface area contributed by atoms with Gasteiger partial charge in [-0.05, 0) is 45.8 Å². The smallest absolute Gasteiger partial charge is 0.255 e. The second-order valence-electron chi connectivity index (χ2n) is 7.28. The van der Waals surface area contributed by atoms with E-state index in [2.05, 4.69) is 29.6 Å². The van der Waals surface area contributed by atoms with Crippen LogP contribution in [0.4, 0.5) is 11.4 Å². The SMILES string of the molecule is Nc1ccc2ccccc2c1-c1c(NC(=O)c2ccccc2)ccc2ccccc12.